The van der Waals surface area contributed by atoms with Crippen molar-refractivity contribution in [1.82, 2.24) is 19.7 Å². The van der Waals surface area contributed by atoms with Crippen LogP contribution < -0.4 is 5.32 Å². The van der Waals surface area contributed by atoms with Gasteiger partial charge in [-0.1, -0.05) is 0 Å². The first kappa shape index (κ1) is 15.3. The maximum Gasteiger partial charge on any atom is 0.137 e. The largest absolute Gasteiger partial charge is 0.372 e. The van der Waals surface area contributed by atoms with Gasteiger partial charge in [0.15, 0.2) is 0 Å². The molecule has 5 heteroatoms. The average molecular weight is 322 g/mol. The third kappa shape index (κ3) is 3.05. The average Bonchev–Trinajstić information content (AvgIpc) is 3.03. The number of ether oxygens (including phenoxy) is 1. The Morgan fingerprint density at radius 1 is 1.29 bits per heavy atom. The monoisotopic (exact) mass is 322 g/mol. The Labute approximate surface area is 141 Å². The Morgan fingerprint density at radius 3 is 3.04 bits per heavy atom. The van der Waals surface area contributed by atoms with Crippen LogP contribution in [-0.4, -0.2) is 27.0 Å². The fraction of sp³-hybridized carbons (Fsp3) is 0.368. The highest BCUT2D eigenvalue weighted by Crippen LogP contribution is 2.28. The standard InChI is InChI=1S/C19H22N4O/c1-14-6-9-23-16(13-22-18(23)11-14)12-21-17-3-2-10-24-19(17)15-4-7-20-8-5-15/h4-9,11,13,17,19,21H,2-3,10,12H2,1H3/t17-,19+/m0/s1. The fourth-order valence-corrected chi connectivity index (χ4v) is 3.37. The molecular formula is C19H22N4O. The van der Waals surface area contributed by atoms with E-state index < -0.39 is 0 Å². The van der Waals surface area contributed by atoms with Crippen LogP contribution in [0.25, 0.3) is 5.65 Å². The van der Waals surface area contributed by atoms with Crippen molar-refractivity contribution in [2.24, 2.45) is 0 Å². The van der Waals surface area contributed by atoms with Gasteiger partial charge in [-0.25, -0.2) is 4.98 Å². The van der Waals surface area contributed by atoms with E-state index in [1.165, 1.54) is 16.8 Å². The number of aryl methyl sites for hydroxylation is 1. The van der Waals surface area contributed by atoms with Gasteiger partial charge in [-0.05, 0) is 55.2 Å². The van der Waals surface area contributed by atoms with Gasteiger partial charge < -0.3 is 14.5 Å². The van der Waals surface area contributed by atoms with Crippen molar-refractivity contribution in [2.75, 3.05) is 6.61 Å². The first-order chi connectivity index (χ1) is 11.8. The second-order valence-electron chi connectivity index (χ2n) is 6.38. The molecule has 3 aromatic heterocycles. The summed E-state index contributed by atoms with van der Waals surface area (Å²) in [6.07, 6.45) is 9.99. The van der Waals surface area contributed by atoms with Gasteiger partial charge in [-0.3, -0.25) is 4.98 Å². The topological polar surface area (TPSA) is 51.5 Å². The molecule has 2 atom stereocenters. The van der Waals surface area contributed by atoms with Crippen LogP contribution in [0.5, 0.6) is 0 Å². The highest BCUT2D eigenvalue weighted by molar-refractivity contribution is 5.42. The Hall–Kier alpha value is -2.24. The number of fused-ring (bicyclic) bond motifs is 1. The molecule has 0 aliphatic carbocycles. The molecule has 1 fully saturated rings. The summed E-state index contributed by atoms with van der Waals surface area (Å²) in [4.78, 5) is 8.61. The van der Waals surface area contributed by atoms with Gasteiger partial charge >= 0.3 is 0 Å². The molecule has 4 rings (SSSR count). The lowest BCUT2D eigenvalue weighted by atomic mass is 9.96. The quantitative estimate of drug-likeness (QED) is 0.802. The van der Waals surface area contributed by atoms with Gasteiger partial charge in [0.05, 0.1) is 18.0 Å². The molecule has 0 amide bonds. The van der Waals surface area contributed by atoms with Crippen LogP contribution in [0, 0.1) is 6.92 Å². The molecule has 0 saturated carbocycles. The third-order valence-corrected chi connectivity index (χ3v) is 4.65. The molecule has 1 aliphatic heterocycles. The zero-order chi connectivity index (χ0) is 16.4. The molecule has 3 aromatic rings. The molecule has 124 valence electrons. The van der Waals surface area contributed by atoms with E-state index in [-0.39, 0.29) is 6.10 Å². The summed E-state index contributed by atoms with van der Waals surface area (Å²) in [5.41, 5.74) is 4.59. The number of nitrogens with one attached hydrogen (secondary N) is 1. The van der Waals surface area contributed by atoms with E-state index in [9.17, 15) is 0 Å². The normalized spacial score (nSPS) is 21.2. The molecule has 1 saturated heterocycles. The van der Waals surface area contributed by atoms with Crippen molar-refractivity contribution in [1.29, 1.82) is 0 Å². The van der Waals surface area contributed by atoms with Gasteiger partial charge in [0, 0.05) is 37.8 Å². The van der Waals surface area contributed by atoms with Crippen molar-refractivity contribution in [3.63, 3.8) is 0 Å². The van der Waals surface area contributed by atoms with Crippen molar-refractivity contribution < 1.29 is 4.74 Å². The summed E-state index contributed by atoms with van der Waals surface area (Å²) in [6.45, 7) is 3.69. The molecule has 4 heterocycles. The van der Waals surface area contributed by atoms with Gasteiger partial charge in [-0.15, -0.1) is 0 Å². The molecule has 0 unspecified atom stereocenters. The molecule has 5 nitrogen and oxygen atoms in total. The molecule has 0 spiro atoms. The van der Waals surface area contributed by atoms with E-state index in [4.69, 9.17) is 4.74 Å². The third-order valence-electron chi connectivity index (χ3n) is 4.65. The first-order valence-electron chi connectivity index (χ1n) is 8.49. The summed E-state index contributed by atoms with van der Waals surface area (Å²) in [6, 6.07) is 8.61. The number of nitrogens with zero attached hydrogens (tertiary/aromatic N) is 3. The summed E-state index contributed by atoms with van der Waals surface area (Å²) < 4.78 is 8.18. The number of imidazole rings is 1. The van der Waals surface area contributed by atoms with Gasteiger partial charge in [0.1, 0.15) is 5.65 Å². The Bertz CT molecular complexity index is 815. The minimum absolute atomic E-state index is 0.0863. The minimum atomic E-state index is 0.0863. The Morgan fingerprint density at radius 2 is 2.17 bits per heavy atom. The smallest absolute Gasteiger partial charge is 0.137 e. The predicted molar refractivity (Wildman–Crippen MR) is 92.7 cm³/mol. The lowest BCUT2D eigenvalue weighted by Crippen LogP contribution is -2.39. The van der Waals surface area contributed by atoms with Gasteiger partial charge in [0.25, 0.3) is 0 Å². The summed E-state index contributed by atoms with van der Waals surface area (Å²) in [5, 5.41) is 3.67. The van der Waals surface area contributed by atoms with Crippen LogP contribution >= 0.6 is 0 Å². The minimum Gasteiger partial charge on any atom is -0.372 e. The van der Waals surface area contributed by atoms with E-state index in [0.717, 1.165) is 31.6 Å². The molecule has 0 aromatic carbocycles. The van der Waals surface area contributed by atoms with Crippen LogP contribution in [0.3, 0.4) is 0 Å². The van der Waals surface area contributed by atoms with Crippen molar-refractivity contribution in [3.05, 3.63) is 65.9 Å². The van der Waals surface area contributed by atoms with E-state index in [1.807, 2.05) is 30.7 Å². The SMILES string of the molecule is Cc1ccn2c(CN[C@H]3CCCO[C@@H]3c3ccncc3)cnc2c1. The fourth-order valence-electron chi connectivity index (χ4n) is 3.37. The second-order valence-corrected chi connectivity index (χ2v) is 6.38. The van der Waals surface area contributed by atoms with E-state index in [2.05, 4.69) is 44.9 Å². The highest BCUT2D eigenvalue weighted by Gasteiger charge is 2.27. The highest BCUT2D eigenvalue weighted by atomic mass is 16.5. The molecule has 1 N–H and O–H groups in total. The number of rotatable bonds is 4. The van der Waals surface area contributed by atoms with E-state index in [0.29, 0.717) is 6.04 Å². The lowest BCUT2D eigenvalue weighted by molar-refractivity contribution is -0.0113. The molecule has 24 heavy (non-hydrogen) atoms. The van der Waals surface area contributed by atoms with E-state index >= 15 is 0 Å². The van der Waals surface area contributed by atoms with Gasteiger partial charge in [-0.2, -0.15) is 0 Å². The van der Waals surface area contributed by atoms with Crippen LogP contribution in [-0.2, 0) is 11.3 Å². The zero-order valence-electron chi connectivity index (χ0n) is 13.9. The summed E-state index contributed by atoms with van der Waals surface area (Å²) >= 11 is 0. The predicted octanol–water partition coefficient (Wildman–Crippen LogP) is 3.05. The molecule has 0 radical (unpaired) electrons. The number of aromatic nitrogens is 3. The van der Waals surface area contributed by atoms with Crippen molar-refractivity contribution >= 4 is 5.65 Å². The van der Waals surface area contributed by atoms with Crippen LogP contribution in [0.1, 0.15) is 35.8 Å². The molecule has 1 aliphatic rings. The number of hydrogen-bond donors (Lipinski definition) is 1. The van der Waals surface area contributed by atoms with Crippen molar-refractivity contribution in [2.45, 2.75) is 38.5 Å². The van der Waals surface area contributed by atoms with Crippen molar-refractivity contribution in [3.8, 4) is 0 Å². The zero-order valence-corrected chi connectivity index (χ0v) is 13.9. The second kappa shape index (κ2) is 6.71. The van der Waals surface area contributed by atoms with Crippen LogP contribution in [0.15, 0.2) is 49.1 Å². The molecular weight excluding hydrogens is 300 g/mol. The maximum atomic E-state index is 6.04. The maximum absolute atomic E-state index is 6.04. The lowest BCUT2D eigenvalue weighted by Gasteiger charge is -2.32. The summed E-state index contributed by atoms with van der Waals surface area (Å²) in [5.74, 6) is 0. The van der Waals surface area contributed by atoms with Crippen LogP contribution in [0.2, 0.25) is 0 Å². The van der Waals surface area contributed by atoms with Crippen LogP contribution in [0.4, 0.5) is 0 Å². The number of pyridine rings is 2. The summed E-state index contributed by atoms with van der Waals surface area (Å²) in [7, 11) is 0. The number of hydrogen-bond acceptors (Lipinski definition) is 4. The molecule has 0 bridgehead atoms. The Kier molecular flexibility index (Phi) is 4.28. The van der Waals surface area contributed by atoms with E-state index in [1.54, 1.807) is 0 Å². The van der Waals surface area contributed by atoms with Gasteiger partial charge in [0.2, 0.25) is 0 Å². The Balaban J connectivity index is 1.50. The first-order valence-corrected chi connectivity index (χ1v) is 8.49.